The Bertz CT molecular complexity index is 1620. The summed E-state index contributed by atoms with van der Waals surface area (Å²) in [5.74, 6) is 0.948. The van der Waals surface area contributed by atoms with Crippen LogP contribution in [0, 0.1) is 11.3 Å². The molecule has 10 heteroatoms. The molecule has 1 amide bonds. The first-order valence-electron chi connectivity index (χ1n) is 12.1. The van der Waals surface area contributed by atoms with Gasteiger partial charge in [0.05, 0.1) is 11.6 Å². The predicted molar refractivity (Wildman–Crippen MR) is 166 cm³/mol. The highest BCUT2D eigenvalue weighted by atomic mass is 79.9. The maximum absolute atomic E-state index is 12.9. The summed E-state index contributed by atoms with van der Waals surface area (Å²) in [6.45, 7) is 0.554. The Morgan fingerprint density at radius 2 is 1.63 bits per heavy atom. The normalized spacial score (nSPS) is 11.0. The summed E-state index contributed by atoms with van der Waals surface area (Å²) >= 11 is 21.6. The fourth-order valence-electron chi connectivity index (χ4n) is 3.65. The van der Waals surface area contributed by atoms with E-state index in [1.54, 1.807) is 66.7 Å². The highest BCUT2D eigenvalue weighted by Gasteiger charge is 2.15. The lowest BCUT2D eigenvalue weighted by atomic mass is 10.1. The molecule has 41 heavy (non-hydrogen) atoms. The van der Waals surface area contributed by atoms with Crippen molar-refractivity contribution in [2.75, 3.05) is 12.4 Å². The molecule has 0 aliphatic rings. The van der Waals surface area contributed by atoms with Crippen LogP contribution in [0.4, 0.5) is 5.69 Å². The summed E-state index contributed by atoms with van der Waals surface area (Å²) in [5, 5.41) is 14.1. The van der Waals surface area contributed by atoms with Gasteiger partial charge in [0.15, 0.2) is 11.5 Å². The minimum Gasteiger partial charge on any atom is -0.493 e. The molecule has 0 radical (unpaired) electrons. The molecule has 0 saturated carbocycles. The zero-order valence-electron chi connectivity index (χ0n) is 21.6. The molecular formula is C31H22BrCl3N2O4. The average Bonchev–Trinajstić information content (AvgIpc) is 2.96. The highest BCUT2D eigenvalue weighted by molar-refractivity contribution is 9.10. The Morgan fingerprint density at radius 3 is 2.29 bits per heavy atom. The minimum atomic E-state index is -0.563. The monoisotopic (exact) mass is 670 g/mol. The number of hydrogen-bond acceptors (Lipinski definition) is 5. The number of anilines is 1. The number of carbonyl (C=O) groups is 1. The predicted octanol–water partition coefficient (Wildman–Crippen LogP) is 9.12. The first-order chi connectivity index (χ1) is 19.7. The van der Waals surface area contributed by atoms with Crippen molar-refractivity contribution in [3.63, 3.8) is 0 Å². The van der Waals surface area contributed by atoms with Gasteiger partial charge in [0, 0.05) is 26.3 Å². The largest absolute Gasteiger partial charge is 0.493 e. The van der Waals surface area contributed by atoms with Crippen molar-refractivity contribution in [3.05, 3.63) is 121 Å². The number of ether oxygens (including phenoxy) is 3. The molecule has 0 spiro atoms. The van der Waals surface area contributed by atoms with Gasteiger partial charge in [0.2, 0.25) is 0 Å². The molecule has 0 aliphatic heterocycles. The second kappa shape index (κ2) is 14.3. The first-order valence-corrected chi connectivity index (χ1v) is 14.0. The van der Waals surface area contributed by atoms with Crippen LogP contribution >= 0.6 is 50.7 Å². The van der Waals surface area contributed by atoms with E-state index in [1.807, 2.05) is 18.2 Å². The first kappa shape index (κ1) is 30.3. The number of rotatable bonds is 10. The van der Waals surface area contributed by atoms with Crippen LogP contribution in [-0.2, 0) is 18.0 Å². The van der Waals surface area contributed by atoms with Crippen molar-refractivity contribution in [3.8, 4) is 23.3 Å². The van der Waals surface area contributed by atoms with Crippen LogP contribution in [-0.4, -0.2) is 13.0 Å². The molecule has 0 aromatic heterocycles. The standard InChI is InChI=1S/C31H22BrCl3N2O4/c1-39-29-14-20(13-27(32)30(29)41-17-19-2-5-23(33)6-3-19)12-22(16-36)31(38)37-25-8-10-26(11-9-25)40-18-21-4-7-24(34)15-28(21)35/h2-15H,17-18H2,1H3,(H,37,38)/b22-12+. The number of amides is 1. The molecule has 0 heterocycles. The van der Waals surface area contributed by atoms with Crippen LogP contribution in [0.25, 0.3) is 6.08 Å². The number of methoxy groups -OCH3 is 1. The van der Waals surface area contributed by atoms with Gasteiger partial charge in [-0.25, -0.2) is 0 Å². The van der Waals surface area contributed by atoms with Gasteiger partial charge in [-0.05, 0) is 93.8 Å². The summed E-state index contributed by atoms with van der Waals surface area (Å²) in [6, 6.07) is 24.7. The summed E-state index contributed by atoms with van der Waals surface area (Å²) in [7, 11) is 1.51. The van der Waals surface area contributed by atoms with Gasteiger partial charge in [-0.1, -0.05) is 53.0 Å². The molecule has 0 aliphatic carbocycles. The van der Waals surface area contributed by atoms with Gasteiger partial charge >= 0.3 is 0 Å². The van der Waals surface area contributed by atoms with Gasteiger partial charge in [-0.2, -0.15) is 5.26 Å². The minimum absolute atomic E-state index is 0.0912. The van der Waals surface area contributed by atoms with Crippen LogP contribution in [0.3, 0.4) is 0 Å². The number of carbonyl (C=O) groups excluding carboxylic acids is 1. The molecule has 0 fully saturated rings. The van der Waals surface area contributed by atoms with Crippen LogP contribution < -0.4 is 19.5 Å². The lowest BCUT2D eigenvalue weighted by Crippen LogP contribution is -2.13. The zero-order chi connectivity index (χ0) is 29.4. The van der Waals surface area contributed by atoms with E-state index >= 15 is 0 Å². The topological polar surface area (TPSA) is 80.6 Å². The van der Waals surface area contributed by atoms with Gasteiger partial charge in [0.1, 0.15) is 30.6 Å². The fraction of sp³-hybridized carbons (Fsp3) is 0.0968. The van der Waals surface area contributed by atoms with Gasteiger partial charge in [0.25, 0.3) is 5.91 Å². The van der Waals surface area contributed by atoms with Gasteiger partial charge in [-0.15, -0.1) is 0 Å². The summed E-state index contributed by atoms with van der Waals surface area (Å²) < 4.78 is 17.8. The Morgan fingerprint density at radius 1 is 0.927 bits per heavy atom. The van der Waals surface area contributed by atoms with E-state index in [-0.39, 0.29) is 12.2 Å². The molecule has 4 aromatic carbocycles. The van der Waals surface area contributed by atoms with Gasteiger partial charge < -0.3 is 19.5 Å². The van der Waals surface area contributed by atoms with E-state index in [9.17, 15) is 10.1 Å². The molecular weight excluding hydrogens is 651 g/mol. The number of halogens is 4. The molecule has 1 N–H and O–H groups in total. The Balaban J connectivity index is 1.41. The van der Waals surface area contributed by atoms with Crippen molar-refractivity contribution in [1.29, 1.82) is 5.26 Å². The Kier molecular flexibility index (Phi) is 10.6. The van der Waals surface area contributed by atoms with Crippen molar-refractivity contribution >= 4 is 68.4 Å². The Hall–Kier alpha value is -3.67. The van der Waals surface area contributed by atoms with Crippen molar-refractivity contribution in [2.24, 2.45) is 0 Å². The second-order valence-electron chi connectivity index (χ2n) is 8.62. The third-order valence-corrected chi connectivity index (χ3v) is 7.17. The number of benzene rings is 4. The summed E-state index contributed by atoms with van der Waals surface area (Å²) in [4.78, 5) is 12.9. The number of nitrogens with one attached hydrogen (secondary N) is 1. The van der Waals surface area contributed by atoms with E-state index in [0.717, 1.165) is 11.1 Å². The van der Waals surface area contributed by atoms with Crippen LogP contribution in [0.1, 0.15) is 16.7 Å². The van der Waals surface area contributed by atoms with E-state index in [0.29, 0.717) is 54.6 Å². The van der Waals surface area contributed by atoms with E-state index in [4.69, 9.17) is 49.0 Å². The molecule has 0 atom stereocenters. The molecule has 0 bridgehead atoms. The number of nitrogens with zero attached hydrogens (tertiary/aromatic N) is 1. The summed E-state index contributed by atoms with van der Waals surface area (Å²) in [6.07, 6.45) is 1.47. The Labute approximate surface area is 261 Å². The average molecular weight is 673 g/mol. The summed E-state index contributed by atoms with van der Waals surface area (Å²) in [5.41, 5.74) is 2.70. The second-order valence-corrected chi connectivity index (χ2v) is 10.8. The van der Waals surface area contributed by atoms with Gasteiger partial charge in [-0.3, -0.25) is 4.79 Å². The van der Waals surface area contributed by atoms with E-state index < -0.39 is 5.91 Å². The molecule has 0 unspecified atom stereocenters. The lowest BCUT2D eigenvalue weighted by molar-refractivity contribution is -0.112. The quantitative estimate of drug-likeness (QED) is 0.134. The van der Waals surface area contributed by atoms with Crippen molar-refractivity contribution in [2.45, 2.75) is 13.2 Å². The number of nitriles is 1. The molecule has 4 rings (SSSR count). The molecule has 4 aromatic rings. The van der Waals surface area contributed by atoms with E-state index in [2.05, 4.69) is 21.2 Å². The number of hydrogen-bond donors (Lipinski definition) is 1. The fourth-order valence-corrected chi connectivity index (χ4v) is 4.81. The van der Waals surface area contributed by atoms with Crippen LogP contribution in [0.5, 0.6) is 17.2 Å². The smallest absolute Gasteiger partial charge is 0.266 e. The molecule has 208 valence electrons. The van der Waals surface area contributed by atoms with Crippen molar-refractivity contribution < 1.29 is 19.0 Å². The lowest BCUT2D eigenvalue weighted by Gasteiger charge is -2.14. The maximum Gasteiger partial charge on any atom is 0.266 e. The molecule has 6 nitrogen and oxygen atoms in total. The highest BCUT2D eigenvalue weighted by Crippen LogP contribution is 2.38. The van der Waals surface area contributed by atoms with Crippen LogP contribution in [0.15, 0.2) is 88.9 Å². The third kappa shape index (κ3) is 8.42. The third-order valence-electron chi connectivity index (χ3n) is 5.75. The zero-order valence-corrected chi connectivity index (χ0v) is 25.4. The SMILES string of the molecule is COc1cc(/C=C(\C#N)C(=O)Nc2ccc(OCc3ccc(Cl)cc3Cl)cc2)cc(Br)c1OCc1ccc(Cl)cc1. The van der Waals surface area contributed by atoms with Crippen LogP contribution in [0.2, 0.25) is 15.1 Å². The van der Waals surface area contributed by atoms with Crippen molar-refractivity contribution in [1.82, 2.24) is 0 Å². The van der Waals surface area contributed by atoms with E-state index in [1.165, 1.54) is 13.2 Å². The molecule has 0 saturated heterocycles. The maximum atomic E-state index is 12.9.